The number of rotatable bonds is 0. The number of hydrogen-bond acceptors (Lipinski definition) is 0. The van der Waals surface area contributed by atoms with E-state index in [-0.39, 0.29) is 141 Å². The normalized spacial score (nSPS) is 0. The first-order valence-corrected chi connectivity index (χ1v) is 0. The summed E-state index contributed by atoms with van der Waals surface area (Å²) in [6, 6.07) is 0. The maximum absolute atomic E-state index is 0. The van der Waals surface area contributed by atoms with E-state index in [1.54, 1.807) is 0 Å². The predicted molar refractivity (Wildman–Crippen MR) is 16.0 cm³/mol. The van der Waals surface area contributed by atoms with Crippen LogP contribution in [-0.4, -0.2) is 83.2 Å². The molecule has 0 nitrogen and oxygen atoms in total. The van der Waals surface area contributed by atoms with Crippen LogP contribution in [0.4, 0.5) is 0 Å². The molecule has 0 rings (SSSR count). The van der Waals surface area contributed by atoms with Crippen LogP contribution < -0.4 is 0 Å². The van der Waals surface area contributed by atoms with Crippen LogP contribution in [0, 0.1) is 0 Å². The van der Waals surface area contributed by atoms with E-state index in [0.29, 0.717) is 0 Å². The summed E-state index contributed by atoms with van der Waals surface area (Å²) in [5.41, 5.74) is 0. The Kier molecular flexibility index (Phi) is 92.4. The van der Waals surface area contributed by atoms with Gasteiger partial charge in [0.25, 0.3) is 0 Å². The Morgan fingerprint density at radius 2 is 1.25 bits per heavy atom. The molecule has 0 spiro atoms. The van der Waals surface area contributed by atoms with Crippen molar-refractivity contribution in [1.82, 2.24) is 0 Å². The summed E-state index contributed by atoms with van der Waals surface area (Å²) in [7, 11) is 0. The van der Waals surface area contributed by atoms with E-state index in [1.165, 1.54) is 0 Å². The molecule has 4 heavy (non-hydrogen) atoms. The van der Waals surface area contributed by atoms with Gasteiger partial charge >= 0.3 is 83.2 Å². The van der Waals surface area contributed by atoms with Crippen molar-refractivity contribution in [2.75, 3.05) is 0 Å². The Morgan fingerprint density at radius 3 is 1.25 bits per heavy atom. The standard InChI is InChI=1S/Ca.Hf.Sr.Zr.4H/q+2;;+2;;4*-1. The molecule has 0 aliphatic carbocycles. The van der Waals surface area contributed by atoms with E-state index in [2.05, 4.69) is 0 Å². The van der Waals surface area contributed by atoms with Crippen LogP contribution in [0.1, 0.15) is 5.71 Å². The van der Waals surface area contributed by atoms with Crippen LogP contribution in [0.5, 0.6) is 0 Å². The Morgan fingerprint density at radius 1 is 1.25 bits per heavy atom. The van der Waals surface area contributed by atoms with Crippen molar-refractivity contribution < 1.29 is 57.8 Å². The maximum Gasteiger partial charge on any atom is 2.00 e. The average molecular weight is 401 g/mol. The second kappa shape index (κ2) is 15.6. The number of hydrogen-bond donors (Lipinski definition) is 0. The van der Waals surface area contributed by atoms with Gasteiger partial charge in [-0.2, -0.15) is 0 Å². The third kappa shape index (κ3) is 9.71. The third-order valence-corrected chi connectivity index (χ3v) is 0. The molecule has 0 radical (unpaired) electrons. The predicted octanol–water partition coefficient (Wildman–Crippen LogP) is -0.317. The van der Waals surface area contributed by atoms with E-state index in [9.17, 15) is 0 Å². The van der Waals surface area contributed by atoms with Gasteiger partial charge in [0.15, 0.2) is 0 Å². The molecule has 4 heteroatoms. The second-order valence-corrected chi connectivity index (χ2v) is 0. The molecule has 0 bridgehead atoms. The molecule has 0 amide bonds. The van der Waals surface area contributed by atoms with Crippen molar-refractivity contribution in [1.29, 1.82) is 0 Å². The van der Waals surface area contributed by atoms with Crippen LogP contribution in [0.25, 0.3) is 0 Å². The van der Waals surface area contributed by atoms with E-state index >= 15 is 0 Å². The summed E-state index contributed by atoms with van der Waals surface area (Å²) in [6.07, 6.45) is 0. The fraction of sp³-hybridized carbons (Fsp3) is 0. The first-order chi connectivity index (χ1) is 0. The zero-order valence-electron chi connectivity index (χ0n) is 6.41. The van der Waals surface area contributed by atoms with Crippen molar-refractivity contribution in [3.05, 3.63) is 0 Å². The second-order valence-electron chi connectivity index (χ2n) is 0. The van der Waals surface area contributed by atoms with Gasteiger partial charge in [-0.25, -0.2) is 0 Å². The molecule has 0 saturated carbocycles. The van der Waals surface area contributed by atoms with E-state index in [1.807, 2.05) is 0 Å². The molecular formula is H4CaHfSrZr. The van der Waals surface area contributed by atoms with Crippen molar-refractivity contribution in [3.8, 4) is 0 Å². The van der Waals surface area contributed by atoms with Gasteiger partial charge in [0, 0.05) is 52.0 Å². The van der Waals surface area contributed by atoms with Crippen LogP contribution >= 0.6 is 0 Å². The maximum atomic E-state index is 0. The summed E-state index contributed by atoms with van der Waals surface area (Å²) in [6.45, 7) is 0. The van der Waals surface area contributed by atoms with Crippen LogP contribution in [0.15, 0.2) is 0 Å². The van der Waals surface area contributed by atoms with Gasteiger partial charge in [0.1, 0.15) is 0 Å². The molecule has 0 fully saturated rings. The molecule has 0 unspecified atom stereocenters. The fourth-order valence-corrected chi connectivity index (χ4v) is 0. The topological polar surface area (TPSA) is 0 Å². The van der Waals surface area contributed by atoms with Crippen LogP contribution in [0.3, 0.4) is 0 Å². The first-order valence-electron chi connectivity index (χ1n) is 0. The van der Waals surface area contributed by atoms with Gasteiger partial charge in [0.2, 0.25) is 0 Å². The Hall–Kier alpha value is 4.49. The van der Waals surface area contributed by atoms with Gasteiger partial charge in [-0.3, -0.25) is 0 Å². The summed E-state index contributed by atoms with van der Waals surface area (Å²) < 4.78 is 0. The Bertz CT molecular complexity index is 16.0. The van der Waals surface area contributed by atoms with E-state index < -0.39 is 0 Å². The van der Waals surface area contributed by atoms with Crippen molar-refractivity contribution in [2.45, 2.75) is 0 Å². The van der Waals surface area contributed by atoms with Gasteiger partial charge in [-0.15, -0.1) is 0 Å². The molecule has 0 heterocycles. The summed E-state index contributed by atoms with van der Waals surface area (Å²) in [4.78, 5) is 0. The van der Waals surface area contributed by atoms with Gasteiger partial charge in [-0.05, 0) is 0 Å². The summed E-state index contributed by atoms with van der Waals surface area (Å²) in [5.74, 6) is 0. The molecule has 0 N–H and O–H groups in total. The van der Waals surface area contributed by atoms with E-state index in [0.717, 1.165) is 0 Å². The SMILES string of the molecule is [Ca+2].[H-].[H-].[H-].[H-].[Hf].[Sr+2].[Zr]. The van der Waals surface area contributed by atoms with Crippen LogP contribution in [0.2, 0.25) is 0 Å². The van der Waals surface area contributed by atoms with Gasteiger partial charge in [-0.1, -0.05) is 0 Å². The molecule has 0 aromatic heterocycles. The molecule has 0 aliphatic rings. The minimum Gasteiger partial charge on any atom is -1.00 e. The van der Waals surface area contributed by atoms with E-state index in [4.69, 9.17) is 0 Å². The average Bonchev–Trinajstić information content (AvgIpc) is 0. The summed E-state index contributed by atoms with van der Waals surface area (Å²) in [5, 5.41) is 0. The zero-order chi connectivity index (χ0) is 0. The van der Waals surface area contributed by atoms with Gasteiger partial charge < -0.3 is 5.71 Å². The molecule has 0 atom stereocenters. The quantitative estimate of drug-likeness (QED) is 0.489. The molecule has 0 saturated heterocycles. The third-order valence-electron chi connectivity index (χ3n) is 0. The molecule has 0 aliphatic heterocycles. The molecule has 0 aromatic rings. The monoisotopic (exact) mass is 402 g/mol. The molecule has 16 valence electrons. The minimum atomic E-state index is 0. The molecular weight excluding hydrogens is 397 g/mol. The smallest absolute Gasteiger partial charge is 1.00 e. The fourth-order valence-electron chi connectivity index (χ4n) is 0. The zero-order valence-corrected chi connectivity index (χ0v) is 14.1. The Balaban J connectivity index is 0. The van der Waals surface area contributed by atoms with Gasteiger partial charge in [0.05, 0.1) is 0 Å². The molecule has 0 aromatic carbocycles. The summed E-state index contributed by atoms with van der Waals surface area (Å²) >= 11 is 0. The van der Waals surface area contributed by atoms with Crippen molar-refractivity contribution in [2.24, 2.45) is 0 Å². The van der Waals surface area contributed by atoms with Crippen molar-refractivity contribution >= 4 is 83.2 Å². The van der Waals surface area contributed by atoms with Crippen molar-refractivity contribution in [3.63, 3.8) is 0 Å². The largest absolute Gasteiger partial charge is 2.00 e. The minimum absolute atomic E-state index is 0. The van der Waals surface area contributed by atoms with Crippen LogP contribution in [-0.2, 0) is 52.0 Å². The first kappa shape index (κ1) is 23.6. The Labute approximate surface area is 137 Å².